The fourth-order valence-electron chi connectivity index (χ4n) is 2.53. The smallest absolute Gasteiger partial charge is 0.217 e. The first-order valence-corrected chi connectivity index (χ1v) is 9.80. The molecule has 2 rings (SSSR count). The van der Waals surface area contributed by atoms with E-state index in [0.29, 0.717) is 5.88 Å². The van der Waals surface area contributed by atoms with Crippen molar-refractivity contribution >= 4 is 11.0 Å². The summed E-state index contributed by atoms with van der Waals surface area (Å²) in [5.74, 6) is 1.40. The molecule has 0 spiro atoms. The number of pyridine rings is 1. The van der Waals surface area contributed by atoms with Gasteiger partial charge in [0.15, 0.2) is 0 Å². The number of aromatic nitrogens is 1. The van der Waals surface area contributed by atoms with E-state index < -0.39 is 11.0 Å². The highest BCUT2D eigenvalue weighted by molar-refractivity contribution is 7.84. The zero-order chi connectivity index (χ0) is 19.2. The van der Waals surface area contributed by atoms with Gasteiger partial charge in [0.25, 0.3) is 0 Å². The van der Waals surface area contributed by atoms with E-state index in [1.165, 1.54) is 5.56 Å². The number of benzene rings is 1. The number of nitrogens with one attached hydrogen (secondary N) is 1. The van der Waals surface area contributed by atoms with Crippen LogP contribution in [0, 0.1) is 0 Å². The van der Waals surface area contributed by atoms with E-state index in [1.54, 1.807) is 20.4 Å². The van der Waals surface area contributed by atoms with Crippen molar-refractivity contribution in [1.82, 2.24) is 9.71 Å². The maximum Gasteiger partial charge on any atom is 0.217 e. The second kappa shape index (κ2) is 9.14. The second-order valence-electron chi connectivity index (χ2n) is 7.04. The van der Waals surface area contributed by atoms with Crippen molar-refractivity contribution in [3.63, 3.8) is 0 Å². The second-order valence-corrected chi connectivity index (χ2v) is 9.04. The van der Waals surface area contributed by atoms with E-state index in [9.17, 15) is 4.21 Å². The van der Waals surface area contributed by atoms with Gasteiger partial charge in [-0.15, -0.1) is 0 Å². The van der Waals surface area contributed by atoms with Crippen molar-refractivity contribution in [1.29, 1.82) is 0 Å². The molecule has 2 atom stereocenters. The molecule has 1 N–H and O–H groups in total. The third kappa shape index (κ3) is 5.54. The number of hydrogen-bond donors (Lipinski definition) is 1. The van der Waals surface area contributed by atoms with Crippen molar-refractivity contribution < 1.29 is 13.7 Å². The van der Waals surface area contributed by atoms with Gasteiger partial charge in [-0.1, -0.05) is 18.2 Å². The van der Waals surface area contributed by atoms with Crippen molar-refractivity contribution in [2.45, 2.75) is 44.4 Å². The quantitative estimate of drug-likeness (QED) is 0.761. The van der Waals surface area contributed by atoms with Crippen molar-refractivity contribution in [3.8, 4) is 11.6 Å². The molecule has 0 radical (unpaired) electrons. The summed E-state index contributed by atoms with van der Waals surface area (Å²) < 4.78 is 26.2. The molecule has 2 unspecified atom stereocenters. The van der Waals surface area contributed by atoms with E-state index in [1.807, 2.05) is 45.0 Å². The summed E-state index contributed by atoms with van der Waals surface area (Å²) in [5.41, 5.74) is 2.11. The number of methoxy groups -OCH3 is 2. The summed E-state index contributed by atoms with van der Waals surface area (Å²) in [6, 6.07) is 11.7. The number of ether oxygens (including phenoxy) is 2. The lowest BCUT2D eigenvalue weighted by atomic mass is 10.0. The highest BCUT2D eigenvalue weighted by Crippen LogP contribution is 2.28. The van der Waals surface area contributed by atoms with E-state index in [-0.39, 0.29) is 10.8 Å². The molecule has 0 aliphatic heterocycles. The molecular formula is C20H28N2O3S. The maximum absolute atomic E-state index is 12.7. The standard InChI is InChI=1S/C20H28N2O3S/c1-20(2,3)26(23)22-18(17-7-6-14-21-19(17)25-5)13-10-15-8-11-16(24-4)12-9-15/h6-9,11-12,14,18,22H,10,13H2,1-5H3. The molecule has 0 amide bonds. The molecule has 1 heterocycles. The van der Waals surface area contributed by atoms with Crippen LogP contribution in [0.25, 0.3) is 0 Å². The van der Waals surface area contributed by atoms with Gasteiger partial charge in [0.1, 0.15) is 5.75 Å². The highest BCUT2D eigenvalue weighted by Gasteiger charge is 2.25. The van der Waals surface area contributed by atoms with Crippen LogP contribution in [-0.2, 0) is 17.4 Å². The molecule has 0 aliphatic carbocycles. The Kier molecular flexibility index (Phi) is 7.17. The lowest BCUT2D eigenvalue weighted by molar-refractivity contribution is 0.385. The molecule has 26 heavy (non-hydrogen) atoms. The molecule has 142 valence electrons. The molecule has 0 aliphatic rings. The Morgan fingerprint density at radius 3 is 2.38 bits per heavy atom. The zero-order valence-electron chi connectivity index (χ0n) is 16.1. The molecule has 1 aromatic heterocycles. The molecular weight excluding hydrogens is 348 g/mol. The molecule has 0 bridgehead atoms. The van der Waals surface area contributed by atoms with Crippen LogP contribution < -0.4 is 14.2 Å². The van der Waals surface area contributed by atoms with Gasteiger partial charge < -0.3 is 9.47 Å². The molecule has 0 saturated carbocycles. The molecule has 0 fully saturated rings. The summed E-state index contributed by atoms with van der Waals surface area (Å²) in [6.07, 6.45) is 3.31. The summed E-state index contributed by atoms with van der Waals surface area (Å²) in [4.78, 5) is 4.29. The van der Waals surface area contributed by atoms with E-state index in [0.717, 1.165) is 24.2 Å². The summed E-state index contributed by atoms with van der Waals surface area (Å²) in [6.45, 7) is 5.87. The Morgan fingerprint density at radius 2 is 1.81 bits per heavy atom. The van der Waals surface area contributed by atoms with Gasteiger partial charge in [0, 0.05) is 11.8 Å². The Labute approximate surface area is 158 Å². The van der Waals surface area contributed by atoms with Crippen LogP contribution in [0.4, 0.5) is 0 Å². The molecule has 2 aromatic rings. The lowest BCUT2D eigenvalue weighted by Crippen LogP contribution is -2.36. The Hall–Kier alpha value is -1.92. The van der Waals surface area contributed by atoms with E-state index in [2.05, 4.69) is 21.8 Å². The van der Waals surface area contributed by atoms with Gasteiger partial charge in [-0.25, -0.2) is 13.9 Å². The highest BCUT2D eigenvalue weighted by atomic mass is 32.2. The predicted octanol–water partition coefficient (Wildman–Crippen LogP) is 3.82. The minimum atomic E-state index is -1.19. The van der Waals surface area contributed by atoms with E-state index in [4.69, 9.17) is 9.47 Å². The number of hydrogen-bond acceptors (Lipinski definition) is 4. The monoisotopic (exact) mass is 376 g/mol. The Morgan fingerprint density at radius 1 is 1.12 bits per heavy atom. The van der Waals surface area contributed by atoms with Crippen LogP contribution in [0.5, 0.6) is 11.6 Å². The Bertz CT molecular complexity index is 727. The summed E-state index contributed by atoms with van der Waals surface area (Å²) in [5, 5.41) is 0. The molecule has 0 saturated heterocycles. The topological polar surface area (TPSA) is 60.5 Å². The van der Waals surface area contributed by atoms with Gasteiger partial charge in [0.2, 0.25) is 5.88 Å². The number of nitrogens with zero attached hydrogens (tertiary/aromatic N) is 1. The number of rotatable bonds is 8. The molecule has 1 aromatic carbocycles. The fraction of sp³-hybridized carbons (Fsp3) is 0.450. The largest absolute Gasteiger partial charge is 0.497 e. The van der Waals surface area contributed by atoms with Gasteiger partial charge >= 0.3 is 0 Å². The van der Waals surface area contributed by atoms with Crippen LogP contribution in [0.1, 0.15) is 44.4 Å². The van der Waals surface area contributed by atoms with Crippen molar-refractivity contribution in [3.05, 3.63) is 53.7 Å². The zero-order valence-corrected chi connectivity index (χ0v) is 16.9. The summed E-state index contributed by atoms with van der Waals surface area (Å²) in [7, 11) is 2.07. The Balaban J connectivity index is 2.20. The minimum absolute atomic E-state index is 0.124. The van der Waals surface area contributed by atoms with Crippen LogP contribution in [0.2, 0.25) is 0 Å². The first-order valence-electron chi connectivity index (χ1n) is 8.65. The summed E-state index contributed by atoms with van der Waals surface area (Å²) >= 11 is 0. The normalized spacial score (nSPS) is 13.9. The van der Waals surface area contributed by atoms with Gasteiger partial charge in [-0.3, -0.25) is 0 Å². The molecule has 5 nitrogen and oxygen atoms in total. The average Bonchev–Trinajstić information content (AvgIpc) is 2.64. The van der Waals surface area contributed by atoms with Crippen molar-refractivity contribution in [2.75, 3.05) is 14.2 Å². The van der Waals surface area contributed by atoms with Gasteiger partial charge in [-0.05, 0) is 57.4 Å². The lowest BCUT2D eigenvalue weighted by Gasteiger charge is -2.25. The van der Waals surface area contributed by atoms with Gasteiger partial charge in [0.05, 0.1) is 36.0 Å². The van der Waals surface area contributed by atoms with Crippen LogP contribution in [-0.4, -0.2) is 28.2 Å². The predicted molar refractivity (Wildman–Crippen MR) is 106 cm³/mol. The molecule has 6 heteroatoms. The maximum atomic E-state index is 12.7. The third-order valence-electron chi connectivity index (χ3n) is 4.06. The number of aryl methyl sites for hydroxylation is 1. The van der Waals surface area contributed by atoms with Gasteiger partial charge in [-0.2, -0.15) is 0 Å². The third-order valence-corrected chi connectivity index (χ3v) is 5.67. The fourth-order valence-corrected chi connectivity index (χ4v) is 3.38. The van der Waals surface area contributed by atoms with Crippen LogP contribution in [0.15, 0.2) is 42.6 Å². The minimum Gasteiger partial charge on any atom is -0.497 e. The van der Waals surface area contributed by atoms with Crippen LogP contribution >= 0.6 is 0 Å². The first kappa shape index (κ1) is 20.4. The SMILES string of the molecule is COc1ccc(CCC(NS(=O)C(C)(C)C)c2cccnc2OC)cc1. The average molecular weight is 377 g/mol. The van der Waals surface area contributed by atoms with E-state index >= 15 is 0 Å². The van der Waals surface area contributed by atoms with Crippen molar-refractivity contribution in [2.24, 2.45) is 0 Å². The first-order chi connectivity index (χ1) is 12.3. The van der Waals surface area contributed by atoms with Crippen LogP contribution in [0.3, 0.4) is 0 Å².